The zero-order chi connectivity index (χ0) is 23.0. The first kappa shape index (κ1) is 23.7. The van der Waals surface area contributed by atoms with Crippen molar-refractivity contribution in [3.63, 3.8) is 0 Å². The monoisotopic (exact) mass is 514 g/mol. The lowest BCUT2D eigenvalue weighted by Crippen LogP contribution is -2.43. The quantitative estimate of drug-likeness (QED) is 0.220. The van der Waals surface area contributed by atoms with Gasteiger partial charge in [-0.3, -0.25) is 0 Å². The highest BCUT2D eigenvalue weighted by atomic mass is 35.5. The molecule has 4 atom stereocenters. The van der Waals surface area contributed by atoms with Crippen molar-refractivity contribution in [1.29, 1.82) is 0 Å². The van der Waals surface area contributed by atoms with Gasteiger partial charge in [0, 0.05) is 5.69 Å². The van der Waals surface area contributed by atoms with Crippen LogP contribution >= 0.6 is 23.2 Å². The van der Waals surface area contributed by atoms with Gasteiger partial charge in [0.05, 0.1) is 51.5 Å². The number of carbonyl (C=O) groups excluding carboxylic acids is 2. The Balaban J connectivity index is 1.60. The molecule has 3 rings (SSSR count). The van der Waals surface area contributed by atoms with Gasteiger partial charge in [-0.25, -0.2) is 26.4 Å². The number of anilines is 2. The van der Waals surface area contributed by atoms with Crippen LogP contribution in [0.4, 0.5) is 21.0 Å². The van der Waals surface area contributed by atoms with E-state index >= 15 is 0 Å². The maximum Gasteiger partial charge on any atom is 0.319 e. The summed E-state index contributed by atoms with van der Waals surface area (Å²) in [7, 11) is -6.66. The number of phenolic OH excluding ortho intramolecular Hbond substituents is 1. The van der Waals surface area contributed by atoms with Gasteiger partial charge >= 0.3 is 12.1 Å². The van der Waals surface area contributed by atoms with E-state index in [1.54, 1.807) is 0 Å². The SMILES string of the molecule is O=C(Nc1ccc(O)c(NC(=O)NC2CS(=O)(=O)CC2Cl)c1)NC1CS(=O)(=O)CC1Cl. The van der Waals surface area contributed by atoms with E-state index in [-0.39, 0.29) is 40.1 Å². The van der Waals surface area contributed by atoms with Gasteiger partial charge in [0.2, 0.25) is 0 Å². The second-order valence-corrected chi connectivity index (χ2v) is 12.8. The molecule has 2 saturated heterocycles. The van der Waals surface area contributed by atoms with Crippen molar-refractivity contribution in [3.8, 4) is 5.75 Å². The van der Waals surface area contributed by atoms with Crippen LogP contribution in [-0.2, 0) is 19.7 Å². The van der Waals surface area contributed by atoms with Gasteiger partial charge in [-0.05, 0) is 18.2 Å². The van der Waals surface area contributed by atoms with Crippen LogP contribution < -0.4 is 21.3 Å². The van der Waals surface area contributed by atoms with Gasteiger partial charge in [0.15, 0.2) is 19.7 Å². The normalized spacial score (nSPS) is 28.6. The maximum atomic E-state index is 12.2. The molecular weight excluding hydrogens is 495 g/mol. The third-order valence-corrected chi connectivity index (χ3v) is 9.45. The number of sulfone groups is 2. The second-order valence-electron chi connectivity index (χ2n) is 7.33. The smallest absolute Gasteiger partial charge is 0.319 e. The molecule has 2 fully saturated rings. The van der Waals surface area contributed by atoms with Gasteiger partial charge in [-0.1, -0.05) is 0 Å². The molecule has 31 heavy (non-hydrogen) atoms. The average Bonchev–Trinajstić information content (AvgIpc) is 3.02. The van der Waals surface area contributed by atoms with E-state index in [1.165, 1.54) is 18.2 Å². The molecule has 4 amide bonds. The Labute approximate surface area is 188 Å². The fraction of sp³-hybridized carbons (Fsp3) is 0.500. The molecule has 1 aromatic rings. The van der Waals surface area contributed by atoms with Crippen molar-refractivity contribution >= 4 is 66.3 Å². The summed E-state index contributed by atoms with van der Waals surface area (Å²) >= 11 is 11.9. The number of urea groups is 2. The van der Waals surface area contributed by atoms with E-state index in [1.807, 2.05) is 0 Å². The highest BCUT2D eigenvalue weighted by Crippen LogP contribution is 2.27. The summed E-state index contributed by atoms with van der Waals surface area (Å²) < 4.78 is 46.3. The number of halogens is 2. The first-order valence-corrected chi connectivity index (χ1v) is 13.5. The fourth-order valence-corrected chi connectivity index (χ4v) is 8.35. The summed E-state index contributed by atoms with van der Waals surface area (Å²) in [5.41, 5.74) is 0.136. The summed E-state index contributed by atoms with van der Waals surface area (Å²) in [4.78, 5) is 24.3. The van der Waals surface area contributed by atoms with Crippen molar-refractivity contribution in [2.24, 2.45) is 0 Å². The Bertz CT molecular complexity index is 1100. The van der Waals surface area contributed by atoms with Gasteiger partial charge in [-0.15, -0.1) is 23.2 Å². The fourth-order valence-electron chi connectivity index (χ4n) is 3.25. The van der Waals surface area contributed by atoms with E-state index in [4.69, 9.17) is 23.2 Å². The summed E-state index contributed by atoms with van der Waals surface area (Å²) in [6.45, 7) is 0. The largest absolute Gasteiger partial charge is 0.506 e. The van der Waals surface area contributed by atoms with Crippen molar-refractivity contribution in [2.45, 2.75) is 22.8 Å². The topological polar surface area (TPSA) is 171 Å². The van der Waals surface area contributed by atoms with E-state index in [0.29, 0.717) is 0 Å². The van der Waals surface area contributed by atoms with Crippen molar-refractivity contribution in [2.75, 3.05) is 33.6 Å². The number of amides is 4. The lowest BCUT2D eigenvalue weighted by Gasteiger charge is -2.17. The molecule has 172 valence electrons. The lowest BCUT2D eigenvalue weighted by atomic mass is 10.2. The molecule has 1 aromatic carbocycles. The zero-order valence-electron chi connectivity index (χ0n) is 15.8. The molecule has 2 aliphatic rings. The van der Waals surface area contributed by atoms with Crippen LogP contribution in [0.3, 0.4) is 0 Å². The molecule has 0 saturated carbocycles. The number of alkyl halides is 2. The average molecular weight is 515 g/mol. The highest BCUT2D eigenvalue weighted by molar-refractivity contribution is 7.92. The molecule has 15 heteroatoms. The third kappa shape index (κ3) is 6.28. The van der Waals surface area contributed by atoms with Crippen LogP contribution in [-0.4, -0.2) is 79.9 Å². The number of phenols is 1. The standard InChI is InChI=1S/C16H20Cl2N4O7S2/c17-9-4-30(26,27)6-12(9)21-15(24)19-8-1-2-14(23)11(3-8)20-16(25)22-13-7-31(28,29)5-10(13)18/h1-3,9-10,12-13,23H,4-7H2,(H2,19,21,24)(H2,20,22,25). The van der Waals surface area contributed by atoms with Crippen LogP contribution in [0, 0.1) is 0 Å². The number of carbonyl (C=O) groups is 2. The molecular formula is C16H20Cl2N4O7S2. The summed E-state index contributed by atoms with van der Waals surface area (Å²) in [6.07, 6.45) is 0. The van der Waals surface area contributed by atoms with E-state index < -0.39 is 54.6 Å². The Morgan fingerprint density at radius 3 is 1.77 bits per heavy atom. The second kappa shape index (κ2) is 8.88. The summed E-state index contributed by atoms with van der Waals surface area (Å²) in [6, 6.07) is 0.813. The highest BCUT2D eigenvalue weighted by Gasteiger charge is 2.38. The number of benzene rings is 1. The Kier molecular flexibility index (Phi) is 6.79. The number of hydrogen-bond donors (Lipinski definition) is 5. The van der Waals surface area contributed by atoms with Crippen molar-refractivity contribution < 1.29 is 31.5 Å². The van der Waals surface area contributed by atoms with Crippen LogP contribution in [0.1, 0.15) is 0 Å². The number of hydrogen-bond acceptors (Lipinski definition) is 7. The van der Waals surface area contributed by atoms with Gasteiger partial charge < -0.3 is 26.4 Å². The Morgan fingerprint density at radius 2 is 1.32 bits per heavy atom. The first-order valence-electron chi connectivity index (χ1n) is 9.00. The zero-order valence-corrected chi connectivity index (χ0v) is 19.0. The number of aromatic hydroxyl groups is 1. The van der Waals surface area contributed by atoms with E-state index in [0.717, 1.165) is 0 Å². The molecule has 0 spiro atoms. The van der Waals surface area contributed by atoms with E-state index in [2.05, 4.69) is 21.3 Å². The summed E-state index contributed by atoms with van der Waals surface area (Å²) in [5, 5.41) is 18.2. The van der Waals surface area contributed by atoms with Crippen molar-refractivity contribution in [3.05, 3.63) is 18.2 Å². The molecule has 0 bridgehead atoms. The van der Waals surface area contributed by atoms with Gasteiger partial charge in [0.1, 0.15) is 5.75 Å². The maximum absolute atomic E-state index is 12.2. The predicted octanol–water partition coefficient (Wildman–Crippen LogP) is 0.444. The lowest BCUT2D eigenvalue weighted by molar-refractivity contribution is 0.248. The predicted molar refractivity (Wildman–Crippen MR) is 117 cm³/mol. The molecule has 11 nitrogen and oxygen atoms in total. The molecule has 2 aliphatic heterocycles. The Hall–Kier alpha value is -1.96. The van der Waals surface area contributed by atoms with Crippen molar-refractivity contribution in [1.82, 2.24) is 10.6 Å². The van der Waals surface area contributed by atoms with Gasteiger partial charge in [0.25, 0.3) is 0 Å². The molecule has 5 N–H and O–H groups in total. The number of nitrogens with one attached hydrogen (secondary N) is 4. The molecule has 2 heterocycles. The van der Waals surface area contributed by atoms with E-state index in [9.17, 15) is 31.5 Å². The van der Waals surface area contributed by atoms with Crippen LogP contribution in [0.2, 0.25) is 0 Å². The third-order valence-electron chi connectivity index (χ3n) is 4.70. The number of rotatable bonds is 4. The molecule has 4 unspecified atom stereocenters. The minimum atomic E-state index is -3.34. The van der Waals surface area contributed by atoms with Crippen LogP contribution in [0.15, 0.2) is 18.2 Å². The Morgan fingerprint density at radius 1 is 0.839 bits per heavy atom. The molecule has 0 aromatic heterocycles. The van der Waals surface area contributed by atoms with Gasteiger partial charge in [-0.2, -0.15) is 0 Å². The minimum Gasteiger partial charge on any atom is -0.506 e. The summed E-state index contributed by atoms with van der Waals surface area (Å²) in [5.74, 6) is -1.33. The first-order chi connectivity index (χ1) is 14.3. The minimum absolute atomic E-state index is 0.0547. The molecule has 0 radical (unpaired) electrons. The molecule has 0 aliphatic carbocycles. The van der Waals surface area contributed by atoms with Crippen LogP contribution in [0.25, 0.3) is 0 Å². The van der Waals surface area contributed by atoms with Crippen LogP contribution in [0.5, 0.6) is 5.75 Å².